The van der Waals surface area contributed by atoms with Gasteiger partial charge < -0.3 is 15.0 Å². The molecule has 90 valence electrons. The molecule has 0 aliphatic carbocycles. The maximum atomic E-state index is 5.56. The zero-order valence-corrected chi connectivity index (χ0v) is 10.0. The number of aromatic nitrogens is 1. The molecule has 0 atom stereocenters. The second-order valence-electron chi connectivity index (χ2n) is 4.23. The second-order valence-corrected chi connectivity index (χ2v) is 4.23. The lowest BCUT2D eigenvalue weighted by Crippen LogP contribution is -1.96. The van der Waals surface area contributed by atoms with Crippen molar-refractivity contribution >= 4 is 5.88 Å². The average Bonchev–Trinajstić information content (AvgIpc) is 2.73. The minimum Gasteiger partial charge on any atom is -0.487 e. The van der Waals surface area contributed by atoms with Gasteiger partial charge in [0.2, 0.25) is 5.88 Å². The Bertz CT molecular complexity index is 474. The topological polar surface area (TPSA) is 61.3 Å². The smallest absolute Gasteiger partial charge is 0.222 e. The molecule has 2 aromatic rings. The quantitative estimate of drug-likeness (QED) is 0.880. The van der Waals surface area contributed by atoms with Crippen molar-refractivity contribution in [3.05, 3.63) is 41.6 Å². The molecule has 1 aromatic carbocycles. The van der Waals surface area contributed by atoms with Crippen LogP contribution in [0.2, 0.25) is 0 Å². The first-order valence-corrected chi connectivity index (χ1v) is 5.59. The summed E-state index contributed by atoms with van der Waals surface area (Å²) in [5, 5.41) is 3.75. The lowest BCUT2D eigenvalue weighted by Gasteiger charge is -2.07. The van der Waals surface area contributed by atoms with Crippen LogP contribution in [0.3, 0.4) is 0 Å². The van der Waals surface area contributed by atoms with Crippen LogP contribution in [-0.2, 0) is 6.61 Å². The molecule has 0 bridgehead atoms. The van der Waals surface area contributed by atoms with Crippen LogP contribution >= 0.6 is 0 Å². The van der Waals surface area contributed by atoms with Gasteiger partial charge in [-0.15, -0.1) is 0 Å². The highest BCUT2D eigenvalue weighted by Crippen LogP contribution is 2.19. The highest BCUT2D eigenvalue weighted by atomic mass is 16.5. The molecule has 17 heavy (non-hydrogen) atoms. The number of benzene rings is 1. The normalized spacial score (nSPS) is 10.8. The van der Waals surface area contributed by atoms with Crippen molar-refractivity contribution in [2.75, 3.05) is 5.73 Å². The SMILES string of the molecule is CC(C)c1ccc(OCc2cc(N)on2)cc1. The summed E-state index contributed by atoms with van der Waals surface area (Å²) in [5.41, 5.74) is 7.40. The number of rotatable bonds is 4. The number of nitrogen functional groups attached to an aromatic ring is 1. The van der Waals surface area contributed by atoms with Crippen molar-refractivity contribution in [2.24, 2.45) is 0 Å². The van der Waals surface area contributed by atoms with E-state index in [9.17, 15) is 0 Å². The van der Waals surface area contributed by atoms with E-state index in [1.807, 2.05) is 12.1 Å². The van der Waals surface area contributed by atoms with Crippen LogP contribution < -0.4 is 10.5 Å². The predicted octanol–water partition coefficient (Wildman–Crippen LogP) is 2.96. The Hall–Kier alpha value is -1.97. The van der Waals surface area contributed by atoms with Crippen LogP contribution in [0.15, 0.2) is 34.9 Å². The van der Waals surface area contributed by atoms with Gasteiger partial charge in [0.25, 0.3) is 0 Å². The van der Waals surface area contributed by atoms with Gasteiger partial charge in [-0.3, -0.25) is 0 Å². The van der Waals surface area contributed by atoms with Gasteiger partial charge >= 0.3 is 0 Å². The lowest BCUT2D eigenvalue weighted by atomic mass is 10.0. The van der Waals surface area contributed by atoms with Crippen LogP contribution in [0.25, 0.3) is 0 Å². The van der Waals surface area contributed by atoms with Crippen LogP contribution in [0.4, 0.5) is 5.88 Å². The Morgan fingerprint density at radius 3 is 2.53 bits per heavy atom. The fraction of sp³-hybridized carbons (Fsp3) is 0.308. The number of nitrogens with zero attached hydrogens (tertiary/aromatic N) is 1. The molecule has 0 fully saturated rings. The standard InChI is InChI=1S/C13H16N2O2/c1-9(2)10-3-5-12(6-4-10)16-8-11-7-13(14)17-15-11/h3-7,9H,8,14H2,1-2H3. The Balaban J connectivity index is 1.95. The molecule has 0 saturated carbocycles. The average molecular weight is 232 g/mol. The van der Waals surface area contributed by atoms with Gasteiger partial charge in [0.05, 0.1) is 0 Å². The van der Waals surface area contributed by atoms with Crippen molar-refractivity contribution in [3.8, 4) is 5.75 Å². The van der Waals surface area contributed by atoms with Gasteiger partial charge in [-0.2, -0.15) is 0 Å². The third kappa shape index (κ3) is 3.00. The lowest BCUT2D eigenvalue weighted by molar-refractivity contribution is 0.290. The van der Waals surface area contributed by atoms with E-state index in [4.69, 9.17) is 15.0 Å². The molecule has 0 radical (unpaired) electrons. The van der Waals surface area contributed by atoms with E-state index in [-0.39, 0.29) is 0 Å². The molecule has 4 heteroatoms. The van der Waals surface area contributed by atoms with E-state index in [2.05, 4.69) is 31.1 Å². The molecule has 0 unspecified atom stereocenters. The van der Waals surface area contributed by atoms with Gasteiger partial charge in [0.1, 0.15) is 18.1 Å². The molecule has 4 nitrogen and oxygen atoms in total. The summed E-state index contributed by atoms with van der Waals surface area (Å²) < 4.78 is 10.3. The summed E-state index contributed by atoms with van der Waals surface area (Å²) in [6, 6.07) is 9.70. The Morgan fingerprint density at radius 1 is 1.29 bits per heavy atom. The van der Waals surface area contributed by atoms with Gasteiger partial charge in [-0.1, -0.05) is 31.1 Å². The predicted molar refractivity (Wildman–Crippen MR) is 65.8 cm³/mol. The first kappa shape index (κ1) is 11.5. The van der Waals surface area contributed by atoms with Gasteiger partial charge in [-0.25, -0.2) is 0 Å². The number of hydrogen-bond donors (Lipinski definition) is 1. The van der Waals surface area contributed by atoms with Gasteiger partial charge in [0, 0.05) is 6.07 Å². The largest absolute Gasteiger partial charge is 0.487 e. The van der Waals surface area contributed by atoms with Crippen molar-refractivity contribution < 1.29 is 9.26 Å². The number of ether oxygens (including phenoxy) is 1. The third-order valence-corrected chi connectivity index (χ3v) is 2.51. The second kappa shape index (κ2) is 4.91. The molecule has 2 N–H and O–H groups in total. The molecular weight excluding hydrogens is 216 g/mol. The highest BCUT2D eigenvalue weighted by Gasteiger charge is 2.03. The van der Waals surface area contributed by atoms with Crippen LogP contribution in [-0.4, -0.2) is 5.16 Å². The summed E-state index contributed by atoms with van der Waals surface area (Å²) in [4.78, 5) is 0. The molecule has 0 saturated heterocycles. The fourth-order valence-corrected chi connectivity index (χ4v) is 1.50. The molecule has 0 spiro atoms. The molecule has 0 aliphatic rings. The number of anilines is 1. The number of hydrogen-bond acceptors (Lipinski definition) is 4. The molecule has 0 aliphatic heterocycles. The molecule has 2 rings (SSSR count). The minimum absolute atomic E-state index is 0.304. The summed E-state index contributed by atoms with van der Waals surface area (Å²) >= 11 is 0. The molecule has 1 heterocycles. The Labute approximate surface area is 100 Å². The van der Waals surface area contributed by atoms with Gasteiger partial charge in [0.15, 0.2) is 0 Å². The van der Waals surface area contributed by atoms with Crippen molar-refractivity contribution in [3.63, 3.8) is 0 Å². The molecular formula is C13H16N2O2. The van der Waals surface area contributed by atoms with Gasteiger partial charge in [-0.05, 0) is 23.6 Å². The summed E-state index contributed by atoms with van der Waals surface area (Å²) in [6.07, 6.45) is 0. The van der Waals surface area contributed by atoms with Crippen LogP contribution in [0.1, 0.15) is 31.0 Å². The van der Waals surface area contributed by atoms with Crippen molar-refractivity contribution in [2.45, 2.75) is 26.4 Å². The Morgan fingerprint density at radius 2 is 2.00 bits per heavy atom. The molecule has 1 aromatic heterocycles. The van der Waals surface area contributed by atoms with Crippen LogP contribution in [0.5, 0.6) is 5.75 Å². The monoisotopic (exact) mass is 232 g/mol. The fourth-order valence-electron chi connectivity index (χ4n) is 1.50. The maximum Gasteiger partial charge on any atom is 0.222 e. The van der Waals surface area contributed by atoms with E-state index in [0.717, 1.165) is 5.75 Å². The zero-order valence-electron chi connectivity index (χ0n) is 10.0. The Kier molecular flexibility index (Phi) is 3.32. The maximum absolute atomic E-state index is 5.56. The minimum atomic E-state index is 0.304. The van der Waals surface area contributed by atoms with E-state index < -0.39 is 0 Å². The summed E-state index contributed by atoms with van der Waals surface area (Å²) in [5.74, 6) is 1.65. The first-order valence-electron chi connectivity index (χ1n) is 5.59. The highest BCUT2D eigenvalue weighted by molar-refractivity contribution is 5.29. The zero-order chi connectivity index (χ0) is 12.3. The van der Waals surface area contributed by atoms with Crippen molar-refractivity contribution in [1.82, 2.24) is 5.16 Å². The summed E-state index contributed by atoms with van der Waals surface area (Å²) in [7, 11) is 0. The third-order valence-electron chi connectivity index (χ3n) is 2.51. The number of nitrogens with two attached hydrogens (primary N) is 1. The summed E-state index contributed by atoms with van der Waals surface area (Å²) in [6.45, 7) is 4.68. The van der Waals surface area contributed by atoms with Crippen LogP contribution in [0, 0.1) is 0 Å². The van der Waals surface area contributed by atoms with E-state index >= 15 is 0 Å². The van der Waals surface area contributed by atoms with E-state index in [1.165, 1.54) is 5.56 Å². The van der Waals surface area contributed by atoms with Crippen molar-refractivity contribution in [1.29, 1.82) is 0 Å². The molecule has 0 amide bonds. The van der Waals surface area contributed by atoms with E-state index in [0.29, 0.717) is 24.1 Å². The van der Waals surface area contributed by atoms with E-state index in [1.54, 1.807) is 6.07 Å². The first-order chi connectivity index (χ1) is 8.15.